The van der Waals surface area contributed by atoms with Gasteiger partial charge in [0.1, 0.15) is 0 Å². The molecule has 0 bridgehead atoms. The average molecular weight is 414 g/mol. The first kappa shape index (κ1) is 24.1. The van der Waals surface area contributed by atoms with Gasteiger partial charge in [0.15, 0.2) is 0 Å². The van der Waals surface area contributed by atoms with Crippen LogP contribution in [0.5, 0.6) is 0 Å². The molecule has 0 saturated heterocycles. The van der Waals surface area contributed by atoms with Crippen LogP contribution in [0.15, 0.2) is 0 Å². The molecule has 3 aliphatic rings. The molecule has 0 radical (unpaired) electrons. The van der Waals surface area contributed by atoms with Crippen molar-refractivity contribution >= 4 is 0 Å². The van der Waals surface area contributed by atoms with Crippen molar-refractivity contribution in [2.24, 2.45) is 35.0 Å². The lowest BCUT2D eigenvalue weighted by molar-refractivity contribution is 0.0146. The Hall–Kier alpha value is -0.510. The van der Waals surface area contributed by atoms with E-state index in [-0.39, 0.29) is 5.41 Å². The van der Waals surface area contributed by atoms with Crippen molar-refractivity contribution in [2.75, 3.05) is 0 Å². The monoisotopic (exact) mass is 413 g/mol. The summed E-state index contributed by atoms with van der Waals surface area (Å²) in [5, 5.41) is 10.2. The molecule has 3 saturated carbocycles. The number of hydrogen-bond donors (Lipinski definition) is 0. The van der Waals surface area contributed by atoms with E-state index in [1.165, 1.54) is 128 Å². The highest BCUT2D eigenvalue weighted by atomic mass is 14.5. The molecule has 3 rings (SSSR count). The second-order valence-electron chi connectivity index (χ2n) is 11.6. The molecule has 0 aliphatic heterocycles. The van der Waals surface area contributed by atoms with E-state index in [9.17, 15) is 5.26 Å². The number of unbranched alkanes of at least 4 members (excludes halogenated alkanes) is 6. The molecule has 0 N–H and O–H groups in total. The van der Waals surface area contributed by atoms with Gasteiger partial charge in [0, 0.05) is 0 Å². The van der Waals surface area contributed by atoms with Crippen molar-refractivity contribution in [3.05, 3.63) is 0 Å². The third-order valence-corrected chi connectivity index (χ3v) is 9.62. The lowest BCUT2D eigenvalue weighted by Crippen LogP contribution is -2.42. The Morgan fingerprint density at radius 3 is 2.07 bits per heavy atom. The molecule has 0 spiro atoms. The van der Waals surface area contributed by atoms with Gasteiger partial charge in [-0.05, 0) is 74.5 Å². The summed E-state index contributed by atoms with van der Waals surface area (Å²) in [5.74, 6) is 4.53. The number of fused-ring (bicyclic) bond motifs is 1. The van der Waals surface area contributed by atoms with E-state index in [1.807, 2.05) is 0 Å². The summed E-state index contributed by atoms with van der Waals surface area (Å²) in [6.07, 6.45) is 28.1. The van der Waals surface area contributed by atoms with Crippen molar-refractivity contribution in [3.8, 4) is 6.07 Å². The fourth-order valence-electron chi connectivity index (χ4n) is 7.61. The second kappa shape index (κ2) is 12.5. The van der Waals surface area contributed by atoms with E-state index in [0.29, 0.717) is 0 Å². The normalized spacial score (nSPS) is 36.8. The Kier molecular flexibility index (Phi) is 10.1. The van der Waals surface area contributed by atoms with Crippen molar-refractivity contribution < 1.29 is 0 Å². The molecule has 30 heavy (non-hydrogen) atoms. The van der Waals surface area contributed by atoms with Crippen LogP contribution in [0.2, 0.25) is 0 Å². The number of rotatable bonds is 11. The summed E-state index contributed by atoms with van der Waals surface area (Å²) in [6, 6.07) is 2.92. The van der Waals surface area contributed by atoms with Crippen LogP contribution in [0.3, 0.4) is 0 Å². The summed E-state index contributed by atoms with van der Waals surface area (Å²) in [7, 11) is 0. The van der Waals surface area contributed by atoms with Crippen LogP contribution in [0.25, 0.3) is 0 Å². The first-order valence-electron chi connectivity index (χ1n) is 14.1. The molecule has 0 amide bonds. The Balaban J connectivity index is 1.42. The predicted molar refractivity (Wildman–Crippen MR) is 129 cm³/mol. The molecule has 172 valence electrons. The fourth-order valence-corrected chi connectivity index (χ4v) is 7.61. The Labute approximate surface area is 188 Å². The third kappa shape index (κ3) is 6.50. The van der Waals surface area contributed by atoms with E-state index in [0.717, 1.165) is 29.6 Å². The average Bonchev–Trinajstić information content (AvgIpc) is 2.79. The van der Waals surface area contributed by atoms with Crippen molar-refractivity contribution in [2.45, 2.75) is 142 Å². The highest BCUT2D eigenvalue weighted by Gasteiger charge is 2.48. The van der Waals surface area contributed by atoms with Crippen LogP contribution >= 0.6 is 0 Å². The largest absolute Gasteiger partial charge is 0.198 e. The van der Waals surface area contributed by atoms with E-state index in [1.54, 1.807) is 0 Å². The lowest BCUT2D eigenvalue weighted by atomic mass is 9.53. The maximum absolute atomic E-state index is 10.2. The summed E-state index contributed by atoms with van der Waals surface area (Å²) in [6.45, 7) is 4.62. The van der Waals surface area contributed by atoms with Gasteiger partial charge in [-0.3, -0.25) is 0 Å². The molecule has 0 heterocycles. The van der Waals surface area contributed by atoms with Gasteiger partial charge >= 0.3 is 0 Å². The van der Waals surface area contributed by atoms with Crippen molar-refractivity contribution in [3.63, 3.8) is 0 Å². The zero-order valence-corrected chi connectivity index (χ0v) is 20.5. The van der Waals surface area contributed by atoms with Crippen LogP contribution in [0.1, 0.15) is 142 Å². The molecule has 1 nitrogen and oxygen atoms in total. The Bertz CT molecular complexity index is 511. The highest BCUT2D eigenvalue weighted by molar-refractivity contribution is 5.09. The van der Waals surface area contributed by atoms with E-state index < -0.39 is 0 Å². The van der Waals surface area contributed by atoms with Crippen LogP contribution in [-0.4, -0.2) is 0 Å². The maximum atomic E-state index is 10.2. The first-order valence-corrected chi connectivity index (χ1v) is 14.1. The summed E-state index contributed by atoms with van der Waals surface area (Å²) in [4.78, 5) is 0. The molecule has 4 atom stereocenters. The Morgan fingerprint density at radius 2 is 1.33 bits per heavy atom. The van der Waals surface area contributed by atoms with Crippen LogP contribution in [0, 0.1) is 46.3 Å². The Morgan fingerprint density at radius 1 is 0.700 bits per heavy atom. The highest BCUT2D eigenvalue weighted by Crippen LogP contribution is 2.56. The summed E-state index contributed by atoms with van der Waals surface area (Å²) >= 11 is 0. The molecular weight excluding hydrogens is 362 g/mol. The van der Waals surface area contributed by atoms with Gasteiger partial charge in [0.25, 0.3) is 0 Å². The number of nitriles is 1. The molecule has 1 heteroatoms. The topological polar surface area (TPSA) is 23.8 Å². The van der Waals surface area contributed by atoms with Gasteiger partial charge in [-0.1, -0.05) is 97.3 Å². The molecule has 0 aromatic rings. The zero-order chi connectivity index (χ0) is 21.2. The van der Waals surface area contributed by atoms with Gasteiger partial charge in [0.2, 0.25) is 0 Å². The van der Waals surface area contributed by atoms with Gasteiger partial charge in [0.05, 0.1) is 11.5 Å². The smallest absolute Gasteiger partial charge is 0.0692 e. The molecule has 1 unspecified atom stereocenters. The predicted octanol–water partition coefficient (Wildman–Crippen LogP) is 9.46. The second-order valence-corrected chi connectivity index (χ2v) is 11.6. The van der Waals surface area contributed by atoms with E-state index >= 15 is 0 Å². The van der Waals surface area contributed by atoms with Crippen LogP contribution < -0.4 is 0 Å². The maximum Gasteiger partial charge on any atom is 0.0692 e. The van der Waals surface area contributed by atoms with E-state index in [2.05, 4.69) is 19.9 Å². The minimum Gasteiger partial charge on any atom is -0.198 e. The van der Waals surface area contributed by atoms with Gasteiger partial charge < -0.3 is 0 Å². The van der Waals surface area contributed by atoms with Crippen molar-refractivity contribution in [1.82, 2.24) is 0 Å². The zero-order valence-electron chi connectivity index (χ0n) is 20.5. The SMILES string of the molecule is CCCCCCC[C@@H]1CC[C@@H]2CC(C3CCC(CCCCC)CC3)CC[C@]2(C#N)C1. The quantitative estimate of drug-likeness (QED) is 0.309. The first-order chi connectivity index (χ1) is 14.7. The standard InChI is InChI=1S/C29H51N/c1-3-5-7-8-10-12-25-15-18-28-21-27(19-20-29(28,22-25)23-30)26-16-13-24(14-17-26)11-9-6-4-2/h24-28H,3-22H2,1-2H3/t24?,25-,26?,27?,28-,29-/m1/s1. The number of nitrogens with zero attached hydrogens (tertiary/aromatic N) is 1. The fraction of sp³-hybridized carbons (Fsp3) is 0.966. The van der Waals surface area contributed by atoms with Crippen LogP contribution in [0.4, 0.5) is 0 Å². The summed E-state index contributed by atoms with van der Waals surface area (Å²) in [5.41, 5.74) is 0.0557. The minimum atomic E-state index is 0.0557. The van der Waals surface area contributed by atoms with Gasteiger partial charge in [-0.25, -0.2) is 0 Å². The molecule has 3 fully saturated rings. The molecular formula is C29H51N. The molecule has 0 aromatic carbocycles. The summed E-state index contributed by atoms with van der Waals surface area (Å²) < 4.78 is 0. The number of hydrogen-bond acceptors (Lipinski definition) is 1. The lowest BCUT2D eigenvalue weighted by Gasteiger charge is -2.50. The van der Waals surface area contributed by atoms with Gasteiger partial charge in [-0.2, -0.15) is 5.26 Å². The molecule has 0 aromatic heterocycles. The molecule has 3 aliphatic carbocycles. The van der Waals surface area contributed by atoms with Gasteiger partial charge in [-0.15, -0.1) is 0 Å². The van der Waals surface area contributed by atoms with Crippen molar-refractivity contribution in [1.29, 1.82) is 5.26 Å². The third-order valence-electron chi connectivity index (χ3n) is 9.62. The van der Waals surface area contributed by atoms with Crippen LogP contribution in [-0.2, 0) is 0 Å². The van der Waals surface area contributed by atoms with E-state index in [4.69, 9.17) is 0 Å². The minimum absolute atomic E-state index is 0.0557.